The van der Waals surface area contributed by atoms with Crippen molar-refractivity contribution < 1.29 is 13.3 Å². The van der Waals surface area contributed by atoms with E-state index in [0.29, 0.717) is 17.7 Å². The Balaban J connectivity index is 2.38. The van der Waals surface area contributed by atoms with Gasteiger partial charge in [0.25, 0.3) is 5.69 Å². The largest absolute Gasteiger partial charge is 0.308 e. The summed E-state index contributed by atoms with van der Waals surface area (Å²) >= 11 is 0. The molecule has 0 fully saturated rings. The van der Waals surface area contributed by atoms with E-state index < -0.39 is 15.1 Å². The van der Waals surface area contributed by atoms with Crippen LogP contribution in [0, 0.1) is 24.0 Å². The monoisotopic (exact) mass is 338 g/mol. The van der Waals surface area contributed by atoms with Crippen LogP contribution in [0.25, 0.3) is 0 Å². The van der Waals surface area contributed by atoms with E-state index in [1.54, 1.807) is 13.8 Å². The van der Waals surface area contributed by atoms with Crippen molar-refractivity contribution in [2.75, 3.05) is 14.1 Å². The molecule has 0 radical (unpaired) electrons. The van der Waals surface area contributed by atoms with Gasteiger partial charge in [-0.05, 0) is 25.0 Å². The molecule has 2 rings (SSSR count). The lowest BCUT2D eigenvalue weighted by atomic mass is 10.00. The quantitative estimate of drug-likeness (QED) is 0.610. The predicted molar refractivity (Wildman–Crippen MR) is 85.6 cm³/mol. The molecular formula is C14H18N4O4S. The average molecular weight is 338 g/mol. The fraction of sp³-hybridized carbons (Fsp3) is 0.357. The highest BCUT2D eigenvalue weighted by Crippen LogP contribution is 2.25. The van der Waals surface area contributed by atoms with Gasteiger partial charge in [0.15, 0.2) is 0 Å². The van der Waals surface area contributed by atoms with Gasteiger partial charge in [-0.25, -0.2) is 8.96 Å². The first-order valence-corrected chi connectivity index (χ1v) is 8.23. The Morgan fingerprint density at radius 3 is 2.52 bits per heavy atom. The van der Waals surface area contributed by atoms with Gasteiger partial charge in [-0.15, -0.1) is 0 Å². The molecule has 1 heterocycles. The normalized spacial score (nSPS) is 11.9. The number of benzene rings is 1. The topological polar surface area (TPSA) is 98.3 Å². The van der Waals surface area contributed by atoms with Crippen LogP contribution in [0.5, 0.6) is 0 Å². The van der Waals surface area contributed by atoms with Gasteiger partial charge in [0.1, 0.15) is 6.33 Å². The molecule has 9 heteroatoms. The second kappa shape index (κ2) is 6.09. The van der Waals surface area contributed by atoms with E-state index in [9.17, 15) is 18.5 Å². The van der Waals surface area contributed by atoms with Gasteiger partial charge in [-0.3, -0.25) is 10.1 Å². The van der Waals surface area contributed by atoms with Crippen molar-refractivity contribution in [3.63, 3.8) is 0 Å². The molecule has 0 atom stereocenters. The summed E-state index contributed by atoms with van der Waals surface area (Å²) in [7, 11) is -0.742. The molecule has 23 heavy (non-hydrogen) atoms. The Hall–Kier alpha value is -2.26. The summed E-state index contributed by atoms with van der Waals surface area (Å²) < 4.78 is 26.2. The molecule has 2 aromatic rings. The molecular weight excluding hydrogens is 320 g/mol. The second-order valence-corrected chi connectivity index (χ2v) is 7.53. The molecule has 0 aliphatic heterocycles. The number of imidazole rings is 1. The van der Waals surface area contributed by atoms with Crippen LogP contribution in [-0.2, 0) is 16.6 Å². The maximum Gasteiger partial charge on any atom is 0.308 e. The Morgan fingerprint density at radius 2 is 1.96 bits per heavy atom. The molecule has 0 saturated heterocycles. The summed E-state index contributed by atoms with van der Waals surface area (Å²) in [6, 6.07) is 3.37. The van der Waals surface area contributed by atoms with Crippen LogP contribution in [0.3, 0.4) is 0 Å². The Kier molecular flexibility index (Phi) is 4.53. The summed E-state index contributed by atoms with van der Waals surface area (Å²) in [5, 5.41) is 11.1. The number of aryl methyl sites for hydroxylation is 1. The fourth-order valence-electron chi connectivity index (χ4n) is 2.23. The van der Waals surface area contributed by atoms with Crippen molar-refractivity contribution in [1.82, 2.24) is 13.3 Å². The van der Waals surface area contributed by atoms with E-state index in [4.69, 9.17) is 0 Å². The number of aromatic nitrogens is 2. The van der Waals surface area contributed by atoms with Gasteiger partial charge < -0.3 is 0 Å². The molecule has 0 saturated carbocycles. The SMILES string of the molecule is Cc1cc(Cc2cn(S(=O)(=O)N(C)C)cn2)c(C)c([N+](=O)[O-])c1. The highest BCUT2D eigenvalue weighted by atomic mass is 32.2. The van der Waals surface area contributed by atoms with E-state index in [2.05, 4.69) is 4.98 Å². The molecule has 1 aromatic carbocycles. The zero-order valence-electron chi connectivity index (χ0n) is 13.3. The predicted octanol–water partition coefficient (Wildman–Crippen LogP) is 1.65. The van der Waals surface area contributed by atoms with Crippen LogP contribution < -0.4 is 0 Å². The van der Waals surface area contributed by atoms with Crippen LogP contribution in [-0.4, -0.2) is 40.7 Å². The first-order chi connectivity index (χ1) is 10.6. The Bertz CT molecular complexity index is 856. The van der Waals surface area contributed by atoms with Gasteiger partial charge in [0.2, 0.25) is 0 Å². The number of nitro benzene ring substituents is 1. The van der Waals surface area contributed by atoms with E-state index in [1.165, 1.54) is 32.7 Å². The van der Waals surface area contributed by atoms with Crippen LogP contribution >= 0.6 is 0 Å². The standard InChI is InChI=1S/C14H18N4O4S/c1-10-5-12(11(2)14(6-10)18(19)20)7-13-8-17(9-15-13)23(21,22)16(3)4/h5-6,8-9H,7H2,1-4H3. The van der Waals surface area contributed by atoms with E-state index >= 15 is 0 Å². The minimum atomic E-state index is -3.61. The van der Waals surface area contributed by atoms with Gasteiger partial charge in [-0.1, -0.05) is 6.07 Å². The van der Waals surface area contributed by atoms with E-state index in [0.717, 1.165) is 19.4 Å². The molecule has 124 valence electrons. The van der Waals surface area contributed by atoms with E-state index in [-0.39, 0.29) is 5.69 Å². The van der Waals surface area contributed by atoms with Gasteiger partial charge in [-0.2, -0.15) is 12.7 Å². The Labute approximate surface area is 134 Å². The zero-order valence-corrected chi connectivity index (χ0v) is 14.2. The van der Waals surface area contributed by atoms with Crippen LogP contribution in [0.1, 0.15) is 22.4 Å². The lowest BCUT2D eigenvalue weighted by Gasteiger charge is -2.10. The highest BCUT2D eigenvalue weighted by molar-refractivity contribution is 7.87. The average Bonchev–Trinajstić information content (AvgIpc) is 2.91. The number of hydrogen-bond acceptors (Lipinski definition) is 5. The third-order valence-electron chi connectivity index (χ3n) is 3.54. The number of rotatable bonds is 5. The summed E-state index contributed by atoms with van der Waals surface area (Å²) in [6.07, 6.45) is 2.97. The summed E-state index contributed by atoms with van der Waals surface area (Å²) in [4.78, 5) is 14.8. The summed E-state index contributed by atoms with van der Waals surface area (Å²) in [5.74, 6) is 0. The van der Waals surface area contributed by atoms with Crippen LogP contribution in [0.15, 0.2) is 24.7 Å². The van der Waals surface area contributed by atoms with Crippen LogP contribution in [0.2, 0.25) is 0 Å². The third kappa shape index (κ3) is 3.40. The van der Waals surface area contributed by atoms with Crippen molar-refractivity contribution in [2.24, 2.45) is 0 Å². The molecule has 0 amide bonds. The zero-order chi connectivity index (χ0) is 17.4. The molecule has 0 aliphatic rings. The number of hydrogen-bond donors (Lipinski definition) is 0. The molecule has 0 unspecified atom stereocenters. The summed E-state index contributed by atoms with van der Waals surface area (Å²) in [6.45, 7) is 3.46. The summed E-state index contributed by atoms with van der Waals surface area (Å²) in [5.41, 5.74) is 2.67. The number of nitrogens with zero attached hydrogens (tertiary/aromatic N) is 4. The lowest BCUT2D eigenvalue weighted by Crippen LogP contribution is -2.27. The van der Waals surface area contributed by atoms with Crippen molar-refractivity contribution in [3.8, 4) is 0 Å². The van der Waals surface area contributed by atoms with Crippen molar-refractivity contribution in [1.29, 1.82) is 0 Å². The van der Waals surface area contributed by atoms with Gasteiger partial charge >= 0.3 is 10.2 Å². The molecule has 0 N–H and O–H groups in total. The van der Waals surface area contributed by atoms with Crippen molar-refractivity contribution >= 4 is 15.9 Å². The Morgan fingerprint density at radius 1 is 1.30 bits per heavy atom. The van der Waals surface area contributed by atoms with Crippen molar-refractivity contribution in [2.45, 2.75) is 20.3 Å². The minimum absolute atomic E-state index is 0.0559. The first kappa shape index (κ1) is 17.1. The van der Waals surface area contributed by atoms with Gasteiger partial charge in [0.05, 0.1) is 10.6 Å². The minimum Gasteiger partial charge on any atom is -0.258 e. The second-order valence-electron chi connectivity index (χ2n) is 5.49. The molecule has 0 bridgehead atoms. The fourth-order valence-corrected chi connectivity index (χ4v) is 3.03. The maximum absolute atomic E-state index is 12.0. The van der Waals surface area contributed by atoms with Crippen LogP contribution in [0.4, 0.5) is 5.69 Å². The first-order valence-electron chi connectivity index (χ1n) is 6.83. The molecule has 0 spiro atoms. The highest BCUT2D eigenvalue weighted by Gasteiger charge is 2.19. The third-order valence-corrected chi connectivity index (χ3v) is 5.20. The molecule has 0 aliphatic carbocycles. The van der Waals surface area contributed by atoms with E-state index in [1.807, 2.05) is 6.07 Å². The van der Waals surface area contributed by atoms with Gasteiger partial charge in [0, 0.05) is 38.3 Å². The molecule has 8 nitrogen and oxygen atoms in total. The lowest BCUT2D eigenvalue weighted by molar-refractivity contribution is -0.385. The maximum atomic E-state index is 12.0. The smallest absolute Gasteiger partial charge is 0.258 e. The van der Waals surface area contributed by atoms with Crippen molar-refractivity contribution in [3.05, 3.63) is 57.2 Å². The molecule has 1 aromatic heterocycles. The number of nitro groups is 1.